The van der Waals surface area contributed by atoms with Gasteiger partial charge in [-0.15, -0.1) is 10.2 Å². The predicted octanol–water partition coefficient (Wildman–Crippen LogP) is 5.32. The fraction of sp³-hybridized carbons (Fsp3) is 0.318. The second kappa shape index (κ2) is 9.01. The molecular weight excluding hydrogens is 406 g/mol. The third-order valence-electron chi connectivity index (χ3n) is 4.51. The van der Waals surface area contributed by atoms with Gasteiger partial charge in [-0.2, -0.15) is 0 Å². The summed E-state index contributed by atoms with van der Waals surface area (Å²) in [6.07, 6.45) is 0. The lowest BCUT2D eigenvalue weighted by Crippen LogP contribution is -2.11. The molecule has 3 aromatic rings. The summed E-state index contributed by atoms with van der Waals surface area (Å²) in [5.74, 6) is 1.76. The van der Waals surface area contributed by atoms with E-state index in [1.54, 1.807) is 24.3 Å². The van der Waals surface area contributed by atoms with Crippen LogP contribution in [0.2, 0.25) is 5.02 Å². The number of carbonyl (C=O) groups is 1. The standard InChI is InChI=1S/C22H24ClN3O2S/c1-22(2,3)16-7-5-15(6-8-16)19(27)14-29-21-25-24-20(26(21)4)13-28-18-11-9-17(23)10-12-18/h5-12H,13-14H2,1-4H3. The number of thioether (sulfide) groups is 1. The Bertz CT molecular complexity index is 977. The number of hydrogen-bond donors (Lipinski definition) is 0. The Kier molecular flexibility index (Phi) is 6.65. The summed E-state index contributed by atoms with van der Waals surface area (Å²) in [7, 11) is 1.87. The number of hydrogen-bond acceptors (Lipinski definition) is 5. The molecule has 0 atom stereocenters. The van der Waals surface area contributed by atoms with Crippen LogP contribution in [0.15, 0.2) is 53.7 Å². The first-order chi connectivity index (χ1) is 13.7. The number of benzene rings is 2. The van der Waals surface area contributed by atoms with Crippen molar-refractivity contribution < 1.29 is 9.53 Å². The lowest BCUT2D eigenvalue weighted by Gasteiger charge is -2.18. The molecule has 2 aromatic carbocycles. The van der Waals surface area contributed by atoms with Crippen LogP contribution >= 0.6 is 23.4 Å². The smallest absolute Gasteiger partial charge is 0.191 e. The van der Waals surface area contributed by atoms with Gasteiger partial charge in [0.25, 0.3) is 0 Å². The molecule has 1 heterocycles. The maximum atomic E-state index is 12.5. The van der Waals surface area contributed by atoms with E-state index in [9.17, 15) is 4.79 Å². The maximum Gasteiger partial charge on any atom is 0.191 e. The third-order valence-corrected chi connectivity index (χ3v) is 5.78. The predicted molar refractivity (Wildman–Crippen MR) is 117 cm³/mol. The topological polar surface area (TPSA) is 57.0 Å². The highest BCUT2D eigenvalue weighted by Crippen LogP contribution is 2.23. The number of aromatic nitrogens is 3. The molecule has 152 valence electrons. The molecule has 0 aliphatic rings. The van der Waals surface area contributed by atoms with Crippen molar-refractivity contribution in [2.24, 2.45) is 7.05 Å². The summed E-state index contributed by atoms with van der Waals surface area (Å²) in [4.78, 5) is 12.5. The van der Waals surface area contributed by atoms with Gasteiger partial charge in [-0.3, -0.25) is 4.79 Å². The number of Topliss-reactive ketones (excluding diaryl/α,β-unsaturated/α-hetero) is 1. The molecule has 0 N–H and O–H groups in total. The van der Waals surface area contributed by atoms with Crippen LogP contribution in [0.25, 0.3) is 0 Å². The summed E-state index contributed by atoms with van der Waals surface area (Å²) in [6.45, 7) is 6.75. The van der Waals surface area contributed by atoms with Crippen molar-refractivity contribution in [3.8, 4) is 5.75 Å². The lowest BCUT2D eigenvalue weighted by atomic mass is 9.86. The third kappa shape index (κ3) is 5.61. The van der Waals surface area contributed by atoms with Crippen LogP contribution in [-0.2, 0) is 19.1 Å². The summed E-state index contributed by atoms with van der Waals surface area (Å²) < 4.78 is 7.56. The van der Waals surface area contributed by atoms with Crippen LogP contribution in [-0.4, -0.2) is 26.3 Å². The Morgan fingerprint density at radius 1 is 1.07 bits per heavy atom. The number of rotatable bonds is 7. The minimum atomic E-state index is 0.0671. The van der Waals surface area contributed by atoms with Crippen molar-refractivity contribution in [2.45, 2.75) is 37.9 Å². The maximum absolute atomic E-state index is 12.5. The first-order valence-corrected chi connectivity index (χ1v) is 10.6. The van der Waals surface area contributed by atoms with Crippen LogP contribution in [0.3, 0.4) is 0 Å². The average Bonchev–Trinajstić information content (AvgIpc) is 3.05. The zero-order chi connectivity index (χ0) is 21.0. The number of ketones is 1. The van der Waals surface area contributed by atoms with E-state index in [1.165, 1.54) is 17.3 Å². The zero-order valence-electron chi connectivity index (χ0n) is 17.0. The van der Waals surface area contributed by atoms with Gasteiger partial charge in [0.05, 0.1) is 5.75 Å². The van der Waals surface area contributed by atoms with Gasteiger partial charge in [0.2, 0.25) is 0 Å². The lowest BCUT2D eigenvalue weighted by molar-refractivity contribution is 0.102. The molecule has 0 bridgehead atoms. The van der Waals surface area contributed by atoms with E-state index >= 15 is 0 Å². The first-order valence-electron chi connectivity index (χ1n) is 9.27. The Balaban J connectivity index is 1.57. The Morgan fingerprint density at radius 2 is 1.72 bits per heavy atom. The summed E-state index contributed by atoms with van der Waals surface area (Å²) in [5.41, 5.74) is 1.98. The summed E-state index contributed by atoms with van der Waals surface area (Å²) in [6, 6.07) is 15.0. The van der Waals surface area contributed by atoms with Crippen LogP contribution in [0.4, 0.5) is 0 Å². The van der Waals surface area contributed by atoms with Gasteiger partial charge >= 0.3 is 0 Å². The highest BCUT2D eigenvalue weighted by molar-refractivity contribution is 7.99. The molecular formula is C22H24ClN3O2S. The molecule has 0 saturated carbocycles. The van der Waals surface area contributed by atoms with E-state index < -0.39 is 0 Å². The van der Waals surface area contributed by atoms with Gasteiger partial charge in [0.1, 0.15) is 12.4 Å². The fourth-order valence-corrected chi connectivity index (χ4v) is 3.60. The Morgan fingerprint density at radius 3 is 2.34 bits per heavy atom. The Labute approximate surface area is 180 Å². The van der Waals surface area contributed by atoms with E-state index in [-0.39, 0.29) is 17.8 Å². The zero-order valence-corrected chi connectivity index (χ0v) is 18.5. The molecule has 0 aliphatic heterocycles. The van der Waals surface area contributed by atoms with Gasteiger partial charge in [-0.25, -0.2) is 0 Å². The molecule has 0 radical (unpaired) electrons. The van der Waals surface area contributed by atoms with Crippen LogP contribution in [0.5, 0.6) is 5.75 Å². The molecule has 0 fully saturated rings. The van der Waals surface area contributed by atoms with Gasteiger partial charge < -0.3 is 9.30 Å². The van der Waals surface area contributed by atoms with E-state index in [0.717, 1.165) is 0 Å². The van der Waals surface area contributed by atoms with Gasteiger partial charge in [-0.1, -0.05) is 68.4 Å². The monoisotopic (exact) mass is 429 g/mol. The highest BCUT2D eigenvalue weighted by Gasteiger charge is 2.16. The van der Waals surface area contributed by atoms with Crippen LogP contribution < -0.4 is 4.74 Å². The molecule has 0 saturated heterocycles. The molecule has 0 spiro atoms. The molecule has 7 heteroatoms. The van der Waals surface area contributed by atoms with Crippen molar-refractivity contribution in [3.05, 3.63) is 70.5 Å². The summed E-state index contributed by atoms with van der Waals surface area (Å²) in [5, 5.41) is 9.68. The quantitative estimate of drug-likeness (QED) is 0.375. The highest BCUT2D eigenvalue weighted by atomic mass is 35.5. The Hall–Kier alpha value is -2.31. The van der Waals surface area contributed by atoms with Gasteiger partial charge in [0, 0.05) is 17.6 Å². The normalized spacial score (nSPS) is 11.5. The van der Waals surface area contributed by atoms with E-state index in [2.05, 4.69) is 31.0 Å². The van der Waals surface area contributed by atoms with Crippen molar-refractivity contribution in [2.75, 3.05) is 5.75 Å². The van der Waals surface area contributed by atoms with Gasteiger partial charge in [0.15, 0.2) is 16.8 Å². The molecule has 0 aliphatic carbocycles. The molecule has 1 aromatic heterocycles. The molecule has 29 heavy (non-hydrogen) atoms. The second-order valence-corrected chi connectivity index (χ2v) is 9.12. The fourth-order valence-electron chi connectivity index (χ4n) is 2.64. The number of nitrogens with zero attached hydrogens (tertiary/aromatic N) is 3. The largest absolute Gasteiger partial charge is 0.486 e. The molecule has 3 rings (SSSR count). The van der Waals surface area contributed by atoms with Crippen molar-refractivity contribution in [1.29, 1.82) is 0 Å². The van der Waals surface area contributed by atoms with Crippen LogP contribution in [0, 0.1) is 0 Å². The average molecular weight is 430 g/mol. The number of halogens is 1. The van der Waals surface area contributed by atoms with Crippen molar-refractivity contribution >= 4 is 29.1 Å². The molecule has 0 unspecified atom stereocenters. The van der Waals surface area contributed by atoms with Crippen LogP contribution in [0.1, 0.15) is 42.5 Å². The molecule has 0 amide bonds. The number of carbonyl (C=O) groups excluding carboxylic acids is 1. The number of ether oxygens (including phenoxy) is 1. The minimum absolute atomic E-state index is 0.0671. The second-order valence-electron chi connectivity index (χ2n) is 7.74. The van der Waals surface area contributed by atoms with Gasteiger partial charge in [-0.05, 0) is 35.2 Å². The summed E-state index contributed by atoms with van der Waals surface area (Å²) >= 11 is 7.25. The molecule has 5 nitrogen and oxygen atoms in total. The van der Waals surface area contributed by atoms with E-state index in [4.69, 9.17) is 16.3 Å². The SMILES string of the molecule is Cn1c(COc2ccc(Cl)cc2)nnc1SCC(=O)c1ccc(C(C)(C)C)cc1. The van der Waals surface area contributed by atoms with E-state index in [0.29, 0.717) is 33.1 Å². The van der Waals surface area contributed by atoms with Crippen molar-refractivity contribution in [3.63, 3.8) is 0 Å². The first kappa shape index (κ1) is 21.4. The van der Waals surface area contributed by atoms with Crippen molar-refractivity contribution in [1.82, 2.24) is 14.8 Å². The minimum Gasteiger partial charge on any atom is -0.486 e. The van der Waals surface area contributed by atoms with E-state index in [1.807, 2.05) is 35.9 Å².